The number of aldehydes is 1. The van der Waals surface area contributed by atoms with Gasteiger partial charge in [0.1, 0.15) is 27.5 Å². The van der Waals surface area contributed by atoms with Gasteiger partial charge in [0.15, 0.2) is 5.75 Å². The number of aromatic hydroxyl groups is 1. The fraction of sp³-hybridized carbons (Fsp3) is 0.0556. The number of carbonyl (C=O) groups excluding carboxylic acids is 1. The molecule has 30 heavy (non-hydrogen) atoms. The summed E-state index contributed by atoms with van der Waals surface area (Å²) in [5, 5.41) is 18.1. The number of hydrogen-bond acceptors (Lipinski definition) is 8. The molecule has 0 radical (unpaired) electrons. The zero-order chi connectivity index (χ0) is 22.3. The minimum absolute atomic E-state index is 0.0109. The average molecular weight is 450 g/mol. The van der Waals surface area contributed by atoms with Gasteiger partial charge in [-0.15, -0.1) is 10.2 Å². The van der Waals surface area contributed by atoms with Crippen LogP contribution in [0, 0.1) is 6.92 Å². The van der Waals surface area contributed by atoms with Crippen LogP contribution in [0.25, 0.3) is 10.8 Å². The van der Waals surface area contributed by atoms with E-state index in [4.69, 9.17) is 0 Å². The first-order chi connectivity index (χ1) is 13.9. The summed E-state index contributed by atoms with van der Waals surface area (Å²) in [7, 11) is -9.27. The standard InChI is InChI=1S/C18H14N2O8S2/c1-10-2-4-12-13(18(10)30(26,27)28)5-7-15(17(12)22)20-19-14-6-3-11(9-21)8-16(14)29(23,24)25/h2-9,22H,1H3,(H,23,24,25)(H,26,27,28). The summed E-state index contributed by atoms with van der Waals surface area (Å²) in [6.07, 6.45) is 0.388. The normalized spacial score (nSPS) is 12.5. The lowest BCUT2D eigenvalue weighted by molar-refractivity contribution is 0.112. The van der Waals surface area contributed by atoms with Gasteiger partial charge >= 0.3 is 0 Å². The van der Waals surface area contributed by atoms with Crippen LogP contribution in [0.1, 0.15) is 15.9 Å². The van der Waals surface area contributed by atoms with Crippen LogP contribution in [0.3, 0.4) is 0 Å². The summed E-state index contributed by atoms with van der Waals surface area (Å²) in [6, 6.07) is 8.67. The van der Waals surface area contributed by atoms with Gasteiger partial charge in [0.25, 0.3) is 20.2 Å². The molecule has 0 saturated heterocycles. The Hall–Kier alpha value is -3.19. The molecule has 0 fully saturated rings. The fourth-order valence-electron chi connectivity index (χ4n) is 2.88. The van der Waals surface area contributed by atoms with Gasteiger partial charge in [-0.3, -0.25) is 13.9 Å². The lowest BCUT2D eigenvalue weighted by atomic mass is 10.1. The Morgan fingerprint density at radius 2 is 1.43 bits per heavy atom. The van der Waals surface area contributed by atoms with Crippen LogP contribution in [-0.2, 0) is 20.2 Å². The molecule has 0 unspecified atom stereocenters. The van der Waals surface area contributed by atoms with Crippen molar-refractivity contribution in [3.8, 4) is 5.75 Å². The van der Waals surface area contributed by atoms with Crippen LogP contribution in [0.15, 0.2) is 62.5 Å². The first-order valence-electron chi connectivity index (χ1n) is 8.14. The number of azo groups is 1. The Kier molecular flexibility index (Phi) is 5.43. The maximum atomic E-state index is 11.7. The Morgan fingerprint density at radius 1 is 0.833 bits per heavy atom. The second-order valence-corrected chi connectivity index (χ2v) is 8.98. The zero-order valence-electron chi connectivity index (χ0n) is 15.2. The summed E-state index contributed by atoms with van der Waals surface area (Å²) >= 11 is 0. The van der Waals surface area contributed by atoms with Crippen molar-refractivity contribution in [2.75, 3.05) is 0 Å². The van der Waals surface area contributed by atoms with Crippen molar-refractivity contribution in [2.24, 2.45) is 10.2 Å². The highest BCUT2D eigenvalue weighted by atomic mass is 32.2. The molecule has 0 amide bonds. The molecule has 3 N–H and O–H groups in total. The predicted molar refractivity (Wildman–Crippen MR) is 106 cm³/mol. The molecule has 0 aliphatic rings. The van der Waals surface area contributed by atoms with E-state index in [0.717, 1.165) is 12.1 Å². The molecule has 156 valence electrons. The van der Waals surface area contributed by atoms with E-state index in [1.165, 1.54) is 37.3 Å². The molecule has 0 saturated carbocycles. The van der Waals surface area contributed by atoms with Crippen molar-refractivity contribution < 1.29 is 35.8 Å². The van der Waals surface area contributed by atoms with E-state index < -0.39 is 30.9 Å². The monoisotopic (exact) mass is 450 g/mol. The molecule has 0 aliphatic heterocycles. The van der Waals surface area contributed by atoms with Crippen LogP contribution in [0.5, 0.6) is 5.75 Å². The largest absolute Gasteiger partial charge is 0.505 e. The summed E-state index contributed by atoms with van der Waals surface area (Å²) < 4.78 is 65.3. The molecule has 0 aromatic heterocycles. The molecule has 10 nitrogen and oxygen atoms in total. The van der Waals surface area contributed by atoms with E-state index in [9.17, 15) is 35.8 Å². The number of phenols is 1. The lowest BCUT2D eigenvalue weighted by Gasteiger charge is -2.10. The number of benzene rings is 3. The third kappa shape index (κ3) is 4.07. The van der Waals surface area contributed by atoms with E-state index in [1.54, 1.807) is 0 Å². The first kappa shape index (κ1) is 21.5. The van der Waals surface area contributed by atoms with Gasteiger partial charge in [0.2, 0.25) is 0 Å². The number of fused-ring (bicyclic) bond motifs is 1. The van der Waals surface area contributed by atoms with Crippen LogP contribution >= 0.6 is 0 Å². The molecule has 0 bridgehead atoms. The minimum atomic E-state index is -4.71. The summed E-state index contributed by atoms with van der Waals surface area (Å²) in [6.45, 7) is 1.48. The van der Waals surface area contributed by atoms with Gasteiger partial charge in [-0.1, -0.05) is 18.2 Å². The topological polar surface area (TPSA) is 171 Å². The smallest absolute Gasteiger partial charge is 0.296 e. The Morgan fingerprint density at radius 3 is 2.03 bits per heavy atom. The van der Waals surface area contributed by atoms with Gasteiger partial charge in [-0.25, -0.2) is 0 Å². The molecule has 0 spiro atoms. The van der Waals surface area contributed by atoms with Crippen LogP contribution in [0.4, 0.5) is 11.4 Å². The number of hydrogen-bond donors (Lipinski definition) is 3. The fourth-order valence-corrected chi connectivity index (χ4v) is 4.47. The van der Waals surface area contributed by atoms with Crippen molar-refractivity contribution in [3.63, 3.8) is 0 Å². The molecule has 3 rings (SSSR count). The molecule has 0 atom stereocenters. The quantitative estimate of drug-likeness (QED) is 0.301. The maximum absolute atomic E-state index is 11.7. The molecular formula is C18H14N2O8S2. The van der Waals surface area contributed by atoms with Gasteiger partial charge in [0, 0.05) is 16.3 Å². The number of rotatable bonds is 5. The highest BCUT2D eigenvalue weighted by molar-refractivity contribution is 7.86. The summed E-state index contributed by atoms with van der Waals surface area (Å²) in [5.41, 5.74) is -0.159. The number of phenolic OH excluding ortho intramolecular Hbond substituents is 1. The van der Waals surface area contributed by atoms with Crippen molar-refractivity contribution in [2.45, 2.75) is 16.7 Å². The molecule has 0 heterocycles. The van der Waals surface area contributed by atoms with Crippen LogP contribution in [0.2, 0.25) is 0 Å². The minimum Gasteiger partial charge on any atom is -0.505 e. The highest BCUT2D eigenvalue weighted by Crippen LogP contribution is 2.39. The number of aryl methyl sites for hydroxylation is 1. The van der Waals surface area contributed by atoms with Gasteiger partial charge in [-0.05, 0) is 36.8 Å². The van der Waals surface area contributed by atoms with Gasteiger partial charge < -0.3 is 5.11 Å². The Balaban J connectivity index is 2.17. The molecular weight excluding hydrogens is 436 g/mol. The van der Waals surface area contributed by atoms with Gasteiger partial charge in [-0.2, -0.15) is 16.8 Å². The van der Waals surface area contributed by atoms with E-state index in [1.807, 2.05) is 0 Å². The molecule has 0 aliphatic carbocycles. The molecule has 3 aromatic carbocycles. The summed E-state index contributed by atoms with van der Waals surface area (Å²) in [5.74, 6) is -0.459. The van der Waals surface area contributed by atoms with Crippen molar-refractivity contribution >= 4 is 48.7 Å². The molecule has 3 aromatic rings. The van der Waals surface area contributed by atoms with E-state index >= 15 is 0 Å². The first-order valence-corrected chi connectivity index (χ1v) is 11.0. The zero-order valence-corrected chi connectivity index (χ0v) is 16.8. The van der Waals surface area contributed by atoms with E-state index in [-0.39, 0.29) is 38.2 Å². The van der Waals surface area contributed by atoms with Crippen molar-refractivity contribution in [1.82, 2.24) is 0 Å². The third-order valence-electron chi connectivity index (χ3n) is 4.22. The molecule has 12 heteroatoms. The number of nitrogens with zero attached hydrogens (tertiary/aromatic N) is 2. The second-order valence-electron chi connectivity index (χ2n) is 6.24. The van der Waals surface area contributed by atoms with Crippen molar-refractivity contribution in [1.29, 1.82) is 0 Å². The number of carbonyl (C=O) groups is 1. The van der Waals surface area contributed by atoms with E-state index in [0.29, 0.717) is 6.29 Å². The highest BCUT2D eigenvalue weighted by Gasteiger charge is 2.20. The SMILES string of the molecule is Cc1ccc2c(O)c(N=Nc3ccc(C=O)cc3S(=O)(=O)O)ccc2c1S(=O)(=O)O. The summed E-state index contributed by atoms with van der Waals surface area (Å²) in [4.78, 5) is 9.83. The van der Waals surface area contributed by atoms with Crippen LogP contribution < -0.4 is 0 Å². The van der Waals surface area contributed by atoms with Gasteiger partial charge in [0.05, 0.1) is 0 Å². The third-order valence-corrected chi connectivity index (χ3v) is 6.16. The second kappa shape index (κ2) is 7.57. The van der Waals surface area contributed by atoms with Crippen molar-refractivity contribution in [3.05, 3.63) is 53.6 Å². The Bertz CT molecular complexity index is 1430. The predicted octanol–water partition coefficient (Wildman–Crippen LogP) is 3.58. The lowest BCUT2D eigenvalue weighted by Crippen LogP contribution is -2.02. The maximum Gasteiger partial charge on any atom is 0.296 e. The van der Waals surface area contributed by atoms with Crippen LogP contribution in [-0.4, -0.2) is 37.3 Å². The van der Waals surface area contributed by atoms with E-state index in [2.05, 4.69) is 10.2 Å². The average Bonchev–Trinajstić information content (AvgIpc) is 2.65. The Labute approximate surface area is 171 Å².